The minimum Gasteiger partial charge on any atom is -0.454 e. The summed E-state index contributed by atoms with van der Waals surface area (Å²) in [6, 6.07) is 11.5. The Morgan fingerprint density at radius 3 is 2.72 bits per heavy atom. The maximum Gasteiger partial charge on any atom is 0.241 e. The Kier molecular flexibility index (Phi) is 3.97. The fourth-order valence-electron chi connectivity index (χ4n) is 3.32. The summed E-state index contributed by atoms with van der Waals surface area (Å²) >= 11 is 0. The normalized spacial score (nSPS) is 17.0. The maximum absolute atomic E-state index is 12.7. The predicted molar refractivity (Wildman–Crippen MR) is 95.6 cm³/mol. The van der Waals surface area contributed by atoms with Crippen LogP contribution in [0.2, 0.25) is 0 Å². The number of nitrogen functional groups attached to an aromatic ring is 1. The second-order valence-electron chi connectivity index (χ2n) is 6.45. The van der Waals surface area contributed by atoms with E-state index in [1.54, 1.807) is 12.1 Å². The molecule has 0 radical (unpaired) electrons. The third-order valence-electron chi connectivity index (χ3n) is 4.89. The standard InChI is InChI=1S/C19H21N3O3/c1-12(22-7-6-13-4-2-3-5-14(13)10-22)19(23)21-16-9-18-17(8-15(16)20)24-11-25-18/h2-5,8-9,12H,6-7,10-11,20H2,1H3,(H,21,23). The van der Waals surface area contributed by atoms with Crippen molar-refractivity contribution in [2.45, 2.75) is 25.9 Å². The van der Waals surface area contributed by atoms with Gasteiger partial charge in [0.2, 0.25) is 12.7 Å². The van der Waals surface area contributed by atoms with Crippen LogP contribution in [0.4, 0.5) is 11.4 Å². The molecule has 25 heavy (non-hydrogen) atoms. The number of rotatable bonds is 3. The molecule has 1 amide bonds. The quantitative estimate of drug-likeness (QED) is 0.840. The molecular formula is C19H21N3O3. The molecule has 2 aliphatic rings. The van der Waals surface area contributed by atoms with Gasteiger partial charge in [-0.15, -0.1) is 0 Å². The van der Waals surface area contributed by atoms with E-state index in [1.165, 1.54) is 11.1 Å². The first kappa shape index (κ1) is 15.8. The number of ether oxygens (including phenoxy) is 2. The molecule has 6 nitrogen and oxygen atoms in total. The van der Waals surface area contributed by atoms with E-state index in [-0.39, 0.29) is 18.7 Å². The summed E-state index contributed by atoms with van der Waals surface area (Å²) in [6.07, 6.45) is 0.958. The lowest BCUT2D eigenvalue weighted by Crippen LogP contribution is -2.44. The summed E-state index contributed by atoms with van der Waals surface area (Å²) in [5, 5.41) is 2.92. The Morgan fingerprint density at radius 1 is 1.20 bits per heavy atom. The van der Waals surface area contributed by atoms with Crippen molar-refractivity contribution < 1.29 is 14.3 Å². The van der Waals surface area contributed by atoms with Crippen LogP contribution in [0.5, 0.6) is 11.5 Å². The second-order valence-corrected chi connectivity index (χ2v) is 6.45. The van der Waals surface area contributed by atoms with Gasteiger partial charge < -0.3 is 20.5 Å². The molecule has 0 saturated carbocycles. The van der Waals surface area contributed by atoms with Crippen LogP contribution in [-0.2, 0) is 17.8 Å². The molecule has 0 bridgehead atoms. The largest absolute Gasteiger partial charge is 0.454 e. The van der Waals surface area contributed by atoms with Crippen LogP contribution in [-0.4, -0.2) is 30.2 Å². The van der Waals surface area contributed by atoms with Gasteiger partial charge in [0.05, 0.1) is 17.4 Å². The summed E-state index contributed by atoms with van der Waals surface area (Å²) in [6.45, 7) is 3.74. The molecule has 0 spiro atoms. The molecule has 2 aliphatic heterocycles. The molecule has 6 heteroatoms. The molecule has 0 fully saturated rings. The third-order valence-corrected chi connectivity index (χ3v) is 4.89. The van der Waals surface area contributed by atoms with Crippen molar-refractivity contribution in [2.75, 3.05) is 24.4 Å². The summed E-state index contributed by atoms with van der Waals surface area (Å²) < 4.78 is 10.6. The molecule has 1 atom stereocenters. The Balaban J connectivity index is 1.47. The number of fused-ring (bicyclic) bond motifs is 2. The van der Waals surface area contributed by atoms with Crippen molar-refractivity contribution in [3.8, 4) is 11.5 Å². The zero-order valence-corrected chi connectivity index (χ0v) is 14.1. The summed E-state index contributed by atoms with van der Waals surface area (Å²) in [7, 11) is 0. The smallest absolute Gasteiger partial charge is 0.241 e. The topological polar surface area (TPSA) is 76.8 Å². The van der Waals surface area contributed by atoms with Gasteiger partial charge in [-0.2, -0.15) is 0 Å². The average molecular weight is 339 g/mol. The van der Waals surface area contributed by atoms with Crippen LogP contribution in [0.3, 0.4) is 0 Å². The summed E-state index contributed by atoms with van der Waals surface area (Å²) in [4.78, 5) is 14.9. The Hall–Kier alpha value is -2.73. The second kappa shape index (κ2) is 6.29. The third kappa shape index (κ3) is 3.00. The number of benzene rings is 2. The van der Waals surface area contributed by atoms with Gasteiger partial charge >= 0.3 is 0 Å². The summed E-state index contributed by atoms with van der Waals surface area (Å²) in [5.74, 6) is 1.13. The van der Waals surface area contributed by atoms with E-state index in [0.29, 0.717) is 22.9 Å². The molecule has 0 aromatic heterocycles. The Morgan fingerprint density at radius 2 is 1.92 bits per heavy atom. The van der Waals surface area contributed by atoms with Crippen molar-refractivity contribution in [3.05, 3.63) is 47.5 Å². The fourth-order valence-corrected chi connectivity index (χ4v) is 3.32. The first-order valence-corrected chi connectivity index (χ1v) is 8.42. The number of anilines is 2. The van der Waals surface area contributed by atoms with E-state index in [2.05, 4.69) is 28.4 Å². The maximum atomic E-state index is 12.7. The molecule has 3 N–H and O–H groups in total. The highest BCUT2D eigenvalue weighted by Crippen LogP contribution is 2.38. The lowest BCUT2D eigenvalue weighted by atomic mass is 9.99. The van der Waals surface area contributed by atoms with Gasteiger partial charge in [0.1, 0.15) is 0 Å². The van der Waals surface area contributed by atoms with Gasteiger partial charge in [-0.3, -0.25) is 9.69 Å². The van der Waals surface area contributed by atoms with Crippen LogP contribution in [0.15, 0.2) is 36.4 Å². The van der Waals surface area contributed by atoms with E-state index in [1.807, 2.05) is 13.0 Å². The Bertz CT molecular complexity index is 822. The van der Waals surface area contributed by atoms with E-state index in [9.17, 15) is 4.79 Å². The van der Waals surface area contributed by atoms with Gasteiger partial charge in [0.15, 0.2) is 11.5 Å². The van der Waals surface area contributed by atoms with Crippen molar-refractivity contribution >= 4 is 17.3 Å². The van der Waals surface area contributed by atoms with Crippen LogP contribution in [0, 0.1) is 0 Å². The number of carbonyl (C=O) groups is 1. The number of carbonyl (C=O) groups excluding carboxylic acids is 1. The van der Waals surface area contributed by atoms with Crippen LogP contribution in [0.1, 0.15) is 18.1 Å². The van der Waals surface area contributed by atoms with Crippen LogP contribution >= 0.6 is 0 Å². The van der Waals surface area contributed by atoms with Gasteiger partial charge in [-0.05, 0) is 24.5 Å². The molecule has 0 aliphatic carbocycles. The number of hydrogen-bond acceptors (Lipinski definition) is 5. The minimum absolute atomic E-state index is 0.0788. The number of nitrogens with two attached hydrogens (primary N) is 1. The monoisotopic (exact) mass is 339 g/mol. The first-order chi connectivity index (χ1) is 12.1. The minimum atomic E-state index is -0.252. The van der Waals surface area contributed by atoms with Crippen molar-refractivity contribution in [2.24, 2.45) is 0 Å². The van der Waals surface area contributed by atoms with E-state index in [0.717, 1.165) is 19.5 Å². The zero-order chi connectivity index (χ0) is 17.4. The highest BCUT2D eigenvalue weighted by Gasteiger charge is 2.26. The molecule has 1 unspecified atom stereocenters. The van der Waals surface area contributed by atoms with Gasteiger partial charge in [0.25, 0.3) is 0 Å². The number of nitrogens with zero attached hydrogens (tertiary/aromatic N) is 1. The number of nitrogens with one attached hydrogen (secondary N) is 1. The molecular weight excluding hydrogens is 318 g/mol. The number of amides is 1. The molecule has 2 aromatic carbocycles. The van der Waals surface area contributed by atoms with E-state index >= 15 is 0 Å². The molecule has 4 rings (SSSR count). The van der Waals surface area contributed by atoms with Crippen molar-refractivity contribution in [1.29, 1.82) is 0 Å². The van der Waals surface area contributed by atoms with Gasteiger partial charge in [-0.1, -0.05) is 24.3 Å². The van der Waals surface area contributed by atoms with Crippen LogP contribution in [0.25, 0.3) is 0 Å². The lowest BCUT2D eigenvalue weighted by molar-refractivity contribution is -0.121. The average Bonchev–Trinajstić information content (AvgIpc) is 3.08. The predicted octanol–water partition coefficient (Wildman–Crippen LogP) is 2.38. The zero-order valence-electron chi connectivity index (χ0n) is 14.1. The lowest BCUT2D eigenvalue weighted by Gasteiger charge is -2.33. The SMILES string of the molecule is CC(C(=O)Nc1cc2c(cc1N)OCO2)N1CCc2ccccc2C1. The van der Waals surface area contributed by atoms with E-state index in [4.69, 9.17) is 15.2 Å². The molecule has 0 saturated heterocycles. The van der Waals surface area contributed by atoms with Crippen molar-refractivity contribution in [3.63, 3.8) is 0 Å². The van der Waals surface area contributed by atoms with Gasteiger partial charge in [-0.25, -0.2) is 0 Å². The molecule has 2 aromatic rings. The molecule has 2 heterocycles. The van der Waals surface area contributed by atoms with Crippen LogP contribution < -0.4 is 20.5 Å². The first-order valence-electron chi connectivity index (χ1n) is 8.42. The Labute approximate surface area is 146 Å². The number of hydrogen-bond donors (Lipinski definition) is 2. The van der Waals surface area contributed by atoms with E-state index < -0.39 is 0 Å². The highest BCUT2D eigenvalue weighted by atomic mass is 16.7. The highest BCUT2D eigenvalue weighted by molar-refractivity contribution is 5.97. The fraction of sp³-hybridized carbons (Fsp3) is 0.316. The summed E-state index contributed by atoms with van der Waals surface area (Å²) in [5.41, 5.74) is 9.70. The van der Waals surface area contributed by atoms with Gasteiger partial charge in [0, 0.05) is 25.2 Å². The molecule has 130 valence electrons. The van der Waals surface area contributed by atoms with Crippen molar-refractivity contribution in [1.82, 2.24) is 4.90 Å².